The third-order valence-corrected chi connectivity index (χ3v) is 8.52. The van der Waals surface area contributed by atoms with E-state index in [0.717, 1.165) is 28.0 Å². The standard InChI is InChI=1S/C28H31N3O7S/c1-16-21-24(39-23(16)25-30-10-13-37-25)17(15-31(26(21)32)28(2,3)27(33)34)14-20(38-18-7-11-36-12-8-18)22-19(35-4)6-5-9-29-22/h5-6,9-10,13,15,18,20H,7-8,11-12,14H2,1-4H3,(H,33,34)/t20-/m0/s1. The second kappa shape index (κ2) is 10.9. The third kappa shape index (κ3) is 5.09. The average molecular weight is 554 g/mol. The number of rotatable bonds is 9. The number of hydrogen-bond acceptors (Lipinski definition) is 9. The number of fused-ring (bicyclic) bond motifs is 1. The number of carboxylic acid groups (broad SMARTS) is 1. The molecule has 4 aromatic rings. The van der Waals surface area contributed by atoms with E-state index in [1.807, 2.05) is 13.0 Å². The van der Waals surface area contributed by atoms with E-state index in [2.05, 4.69) is 9.97 Å². The van der Waals surface area contributed by atoms with E-state index in [1.54, 1.807) is 31.8 Å². The Labute approximate surface area is 229 Å². The first-order valence-electron chi connectivity index (χ1n) is 12.8. The molecule has 1 saturated heterocycles. The van der Waals surface area contributed by atoms with Gasteiger partial charge in [0.25, 0.3) is 5.56 Å². The first-order valence-corrected chi connectivity index (χ1v) is 13.6. The van der Waals surface area contributed by atoms with E-state index in [9.17, 15) is 14.7 Å². The highest BCUT2D eigenvalue weighted by Gasteiger charge is 2.34. The predicted molar refractivity (Wildman–Crippen MR) is 145 cm³/mol. The molecule has 5 rings (SSSR count). The first kappa shape index (κ1) is 27.0. The van der Waals surface area contributed by atoms with Crippen LogP contribution in [-0.4, -0.2) is 52.0 Å². The van der Waals surface area contributed by atoms with Gasteiger partial charge in [0, 0.05) is 36.7 Å². The molecule has 0 aromatic carbocycles. The molecule has 39 heavy (non-hydrogen) atoms. The van der Waals surface area contributed by atoms with Crippen molar-refractivity contribution in [2.24, 2.45) is 0 Å². The number of methoxy groups -OCH3 is 1. The van der Waals surface area contributed by atoms with Gasteiger partial charge in [0.1, 0.15) is 29.3 Å². The van der Waals surface area contributed by atoms with E-state index in [0.29, 0.717) is 47.9 Å². The fourth-order valence-corrected chi connectivity index (χ4v) is 6.12. The topological polar surface area (TPSA) is 126 Å². The Hall–Kier alpha value is -3.54. The maximum atomic E-state index is 13.8. The third-order valence-electron chi connectivity index (χ3n) is 7.16. The van der Waals surface area contributed by atoms with Crippen LogP contribution in [0.1, 0.15) is 49.6 Å². The molecule has 0 spiro atoms. The predicted octanol–water partition coefficient (Wildman–Crippen LogP) is 4.73. The molecule has 206 valence electrons. The molecule has 0 amide bonds. The number of nitrogens with zero attached hydrogens (tertiary/aromatic N) is 3. The molecular weight excluding hydrogens is 522 g/mol. The van der Waals surface area contributed by atoms with Crippen LogP contribution in [0.4, 0.5) is 0 Å². The number of oxazole rings is 1. The first-order chi connectivity index (χ1) is 18.7. The summed E-state index contributed by atoms with van der Waals surface area (Å²) in [6.07, 6.45) is 7.65. The molecule has 1 aliphatic rings. The molecule has 0 aliphatic carbocycles. The molecule has 1 N–H and O–H groups in total. The normalized spacial score (nSPS) is 15.5. The molecule has 11 heteroatoms. The lowest BCUT2D eigenvalue weighted by Gasteiger charge is -2.29. The van der Waals surface area contributed by atoms with Crippen LogP contribution in [0.2, 0.25) is 0 Å². The second-order valence-corrected chi connectivity index (χ2v) is 11.0. The van der Waals surface area contributed by atoms with Gasteiger partial charge in [-0.3, -0.25) is 14.3 Å². The monoisotopic (exact) mass is 553 g/mol. The molecule has 5 heterocycles. The van der Waals surface area contributed by atoms with Crippen LogP contribution in [-0.2, 0) is 26.2 Å². The van der Waals surface area contributed by atoms with E-state index in [1.165, 1.54) is 36.0 Å². The summed E-state index contributed by atoms with van der Waals surface area (Å²) in [6, 6.07) is 3.63. The van der Waals surface area contributed by atoms with Gasteiger partial charge in [-0.2, -0.15) is 0 Å². The van der Waals surface area contributed by atoms with E-state index in [-0.39, 0.29) is 11.7 Å². The van der Waals surface area contributed by atoms with Gasteiger partial charge < -0.3 is 23.7 Å². The highest BCUT2D eigenvalue weighted by atomic mass is 32.1. The minimum Gasteiger partial charge on any atom is -0.495 e. The van der Waals surface area contributed by atoms with Gasteiger partial charge in [0.2, 0.25) is 5.89 Å². The smallest absolute Gasteiger partial charge is 0.329 e. The molecular formula is C28H31N3O7S. The van der Waals surface area contributed by atoms with Crippen LogP contribution in [0.3, 0.4) is 0 Å². The maximum Gasteiger partial charge on any atom is 0.329 e. The minimum atomic E-state index is -1.49. The molecule has 10 nitrogen and oxygen atoms in total. The fraction of sp³-hybridized carbons (Fsp3) is 0.429. The highest BCUT2D eigenvalue weighted by Crippen LogP contribution is 2.40. The average Bonchev–Trinajstić information content (AvgIpc) is 3.58. The summed E-state index contributed by atoms with van der Waals surface area (Å²) < 4.78 is 25.4. The number of carbonyl (C=O) groups is 1. The van der Waals surface area contributed by atoms with Crippen LogP contribution in [0.15, 0.2) is 46.2 Å². The van der Waals surface area contributed by atoms with Gasteiger partial charge in [0.15, 0.2) is 0 Å². The number of carboxylic acids is 1. The van der Waals surface area contributed by atoms with Crippen molar-refractivity contribution < 1.29 is 28.5 Å². The molecule has 0 bridgehead atoms. The zero-order valence-electron chi connectivity index (χ0n) is 22.3. The number of pyridine rings is 2. The van der Waals surface area contributed by atoms with Crippen molar-refractivity contribution in [2.75, 3.05) is 20.3 Å². The lowest BCUT2D eigenvalue weighted by molar-refractivity contribution is -0.145. The number of aryl methyl sites for hydroxylation is 1. The van der Waals surface area contributed by atoms with Crippen molar-refractivity contribution in [1.82, 2.24) is 14.5 Å². The minimum absolute atomic E-state index is 0.0414. The molecule has 1 atom stereocenters. The Morgan fingerprint density at radius 2 is 2.05 bits per heavy atom. The Kier molecular flexibility index (Phi) is 7.57. The number of thiophene rings is 1. The summed E-state index contributed by atoms with van der Waals surface area (Å²) in [4.78, 5) is 35.6. The van der Waals surface area contributed by atoms with Crippen LogP contribution in [0.25, 0.3) is 20.9 Å². The highest BCUT2D eigenvalue weighted by molar-refractivity contribution is 7.22. The number of hydrogen-bond donors (Lipinski definition) is 1. The Morgan fingerprint density at radius 1 is 1.28 bits per heavy atom. The zero-order valence-corrected chi connectivity index (χ0v) is 23.1. The van der Waals surface area contributed by atoms with E-state index in [4.69, 9.17) is 18.6 Å². The van der Waals surface area contributed by atoms with Crippen LogP contribution in [0, 0.1) is 6.92 Å². The fourth-order valence-electron chi connectivity index (χ4n) is 4.86. The summed E-state index contributed by atoms with van der Waals surface area (Å²) >= 11 is 1.40. The molecule has 0 unspecified atom stereocenters. The summed E-state index contributed by atoms with van der Waals surface area (Å²) in [6.45, 7) is 6.09. The largest absolute Gasteiger partial charge is 0.495 e. The summed E-state index contributed by atoms with van der Waals surface area (Å²) in [5.41, 5.74) is 0.212. The summed E-state index contributed by atoms with van der Waals surface area (Å²) in [5.74, 6) is -0.116. The van der Waals surface area contributed by atoms with Crippen molar-refractivity contribution in [3.63, 3.8) is 0 Å². The van der Waals surface area contributed by atoms with Crippen molar-refractivity contribution in [1.29, 1.82) is 0 Å². The Balaban J connectivity index is 1.70. The van der Waals surface area contributed by atoms with E-state index < -0.39 is 17.6 Å². The van der Waals surface area contributed by atoms with Crippen LogP contribution in [0.5, 0.6) is 5.75 Å². The van der Waals surface area contributed by atoms with Gasteiger partial charge in [-0.05, 0) is 56.9 Å². The molecule has 0 saturated carbocycles. The molecule has 4 aromatic heterocycles. The van der Waals surface area contributed by atoms with Gasteiger partial charge in [-0.25, -0.2) is 9.78 Å². The van der Waals surface area contributed by atoms with Crippen molar-refractivity contribution >= 4 is 27.4 Å². The van der Waals surface area contributed by atoms with Gasteiger partial charge in [0.05, 0.1) is 29.7 Å². The number of aliphatic carboxylic acids is 1. The number of aromatic nitrogens is 3. The van der Waals surface area contributed by atoms with Crippen LogP contribution < -0.4 is 10.3 Å². The quantitative estimate of drug-likeness (QED) is 0.313. The Bertz CT molecular complexity index is 1530. The molecule has 1 aliphatic heterocycles. The van der Waals surface area contributed by atoms with Crippen molar-refractivity contribution in [3.05, 3.63) is 64.2 Å². The van der Waals surface area contributed by atoms with Crippen LogP contribution >= 0.6 is 11.3 Å². The van der Waals surface area contributed by atoms with Gasteiger partial charge in [-0.15, -0.1) is 11.3 Å². The van der Waals surface area contributed by atoms with Gasteiger partial charge >= 0.3 is 5.97 Å². The zero-order chi connectivity index (χ0) is 27.7. The molecule has 1 fully saturated rings. The van der Waals surface area contributed by atoms with Crippen molar-refractivity contribution in [3.8, 4) is 16.5 Å². The second-order valence-electron chi connectivity index (χ2n) is 10.0. The molecule has 0 radical (unpaired) electrons. The maximum absolute atomic E-state index is 13.8. The van der Waals surface area contributed by atoms with Crippen molar-refractivity contribution in [2.45, 2.75) is 57.8 Å². The lowest BCUT2D eigenvalue weighted by atomic mass is 10.00. The summed E-state index contributed by atoms with van der Waals surface area (Å²) in [5, 5.41) is 10.4. The summed E-state index contributed by atoms with van der Waals surface area (Å²) in [7, 11) is 1.59. The van der Waals surface area contributed by atoms with E-state index >= 15 is 0 Å². The number of ether oxygens (including phenoxy) is 3. The Morgan fingerprint density at radius 3 is 2.72 bits per heavy atom. The van der Waals surface area contributed by atoms with Gasteiger partial charge in [-0.1, -0.05) is 0 Å². The SMILES string of the molecule is COc1cccnc1[C@H](Cc1cn(C(C)(C)C(=O)O)c(=O)c2c(C)c(-c3ncco3)sc12)OC1CCOCC1. The lowest BCUT2D eigenvalue weighted by Crippen LogP contribution is -2.42.